The third-order valence-electron chi connectivity index (χ3n) is 4.42. The van der Waals surface area contributed by atoms with Gasteiger partial charge >= 0.3 is 5.97 Å². The normalized spacial score (nSPS) is 19.5. The molecule has 0 fully saturated rings. The molecule has 0 spiro atoms. The fourth-order valence-corrected chi connectivity index (χ4v) is 3.41. The average Bonchev–Trinajstić information content (AvgIpc) is 2.54. The van der Waals surface area contributed by atoms with Gasteiger partial charge in [-0.25, -0.2) is 4.79 Å². The zero-order valence-electron chi connectivity index (χ0n) is 13.7. The van der Waals surface area contributed by atoms with Crippen molar-refractivity contribution in [2.75, 3.05) is 10.2 Å². The van der Waals surface area contributed by atoms with Gasteiger partial charge in [0.25, 0.3) is 0 Å². The fourth-order valence-electron chi connectivity index (χ4n) is 3.41. The Kier molecular flexibility index (Phi) is 4.25. The maximum atomic E-state index is 12.0. The molecule has 2 aromatic carbocycles. The van der Waals surface area contributed by atoms with Crippen LogP contribution in [0, 0.1) is 0 Å². The number of carboxylic acid groups (broad SMARTS) is 1. The summed E-state index contributed by atoms with van der Waals surface area (Å²) in [6, 6.07) is 14.6. The van der Waals surface area contributed by atoms with E-state index >= 15 is 0 Å². The summed E-state index contributed by atoms with van der Waals surface area (Å²) in [6.07, 6.45) is 0.713. The zero-order chi connectivity index (χ0) is 17.3. The van der Waals surface area contributed by atoms with E-state index in [1.807, 2.05) is 37.3 Å². The first-order valence-corrected chi connectivity index (χ1v) is 7.96. The van der Waals surface area contributed by atoms with Crippen molar-refractivity contribution in [3.05, 3.63) is 59.7 Å². The molecule has 3 rings (SSSR count). The Balaban J connectivity index is 2.00. The highest BCUT2D eigenvalue weighted by atomic mass is 16.4. The van der Waals surface area contributed by atoms with Crippen molar-refractivity contribution in [2.24, 2.45) is 0 Å². The molecule has 0 saturated heterocycles. The van der Waals surface area contributed by atoms with Crippen LogP contribution in [0.5, 0.6) is 0 Å². The number of para-hydroxylation sites is 2. The van der Waals surface area contributed by atoms with Crippen LogP contribution in [-0.2, 0) is 4.79 Å². The Morgan fingerprint density at radius 1 is 1.12 bits per heavy atom. The van der Waals surface area contributed by atoms with Crippen LogP contribution in [0.15, 0.2) is 48.5 Å². The fraction of sp³-hybridized carbons (Fsp3) is 0.263. The number of amides is 1. The van der Waals surface area contributed by atoms with E-state index in [9.17, 15) is 14.7 Å². The standard InChI is InChI=1S/C19H20N2O3/c1-12-11-17(20-16-9-5-3-8-15(16)19(23)24)14-7-4-6-10-18(14)21(12)13(2)22/h3-10,12,17,20H,11H2,1-2H3,(H,23,24)/t12-,17+/m0/s1. The third-order valence-corrected chi connectivity index (χ3v) is 4.42. The second-order valence-corrected chi connectivity index (χ2v) is 6.08. The van der Waals surface area contributed by atoms with Gasteiger partial charge in [0.1, 0.15) is 0 Å². The maximum Gasteiger partial charge on any atom is 0.337 e. The Bertz CT molecular complexity index is 788. The van der Waals surface area contributed by atoms with Crippen LogP contribution < -0.4 is 10.2 Å². The van der Waals surface area contributed by atoms with Crippen molar-refractivity contribution < 1.29 is 14.7 Å². The highest BCUT2D eigenvalue weighted by Gasteiger charge is 2.32. The zero-order valence-corrected chi connectivity index (χ0v) is 13.7. The number of rotatable bonds is 3. The Morgan fingerprint density at radius 2 is 1.79 bits per heavy atom. The lowest BCUT2D eigenvalue weighted by Crippen LogP contribution is -2.43. The first kappa shape index (κ1) is 16.1. The molecule has 0 saturated carbocycles. The number of fused-ring (bicyclic) bond motifs is 1. The second kappa shape index (κ2) is 6.35. The van der Waals surface area contributed by atoms with Gasteiger partial charge in [-0.05, 0) is 37.1 Å². The van der Waals surface area contributed by atoms with E-state index in [-0.39, 0.29) is 23.6 Å². The van der Waals surface area contributed by atoms with Crippen LogP contribution in [0.1, 0.15) is 42.2 Å². The number of carbonyl (C=O) groups is 2. The molecular weight excluding hydrogens is 304 g/mol. The number of hydrogen-bond acceptors (Lipinski definition) is 3. The molecule has 1 aliphatic heterocycles. The molecule has 0 unspecified atom stereocenters. The van der Waals surface area contributed by atoms with Crippen molar-refractivity contribution in [2.45, 2.75) is 32.4 Å². The number of carbonyl (C=O) groups excluding carboxylic acids is 1. The summed E-state index contributed by atoms with van der Waals surface area (Å²) in [5, 5.41) is 12.7. The van der Waals surface area contributed by atoms with Crippen LogP contribution in [0.4, 0.5) is 11.4 Å². The summed E-state index contributed by atoms with van der Waals surface area (Å²) < 4.78 is 0. The van der Waals surface area contributed by atoms with Crippen LogP contribution >= 0.6 is 0 Å². The van der Waals surface area contributed by atoms with E-state index in [0.717, 1.165) is 11.3 Å². The van der Waals surface area contributed by atoms with Gasteiger partial charge in [-0.2, -0.15) is 0 Å². The number of anilines is 2. The van der Waals surface area contributed by atoms with E-state index < -0.39 is 5.97 Å². The van der Waals surface area contributed by atoms with Crippen molar-refractivity contribution in [3.8, 4) is 0 Å². The van der Waals surface area contributed by atoms with E-state index in [4.69, 9.17) is 0 Å². The first-order valence-electron chi connectivity index (χ1n) is 7.96. The van der Waals surface area contributed by atoms with Gasteiger partial charge in [0.15, 0.2) is 0 Å². The topological polar surface area (TPSA) is 69.6 Å². The minimum atomic E-state index is -0.958. The predicted octanol–water partition coefficient (Wildman–Crippen LogP) is 3.68. The Morgan fingerprint density at radius 3 is 2.50 bits per heavy atom. The quantitative estimate of drug-likeness (QED) is 0.903. The van der Waals surface area contributed by atoms with Gasteiger partial charge < -0.3 is 15.3 Å². The lowest BCUT2D eigenvalue weighted by molar-refractivity contribution is -0.117. The molecule has 2 aromatic rings. The summed E-state index contributed by atoms with van der Waals surface area (Å²) >= 11 is 0. The summed E-state index contributed by atoms with van der Waals surface area (Å²) in [7, 11) is 0. The van der Waals surface area contributed by atoms with Crippen LogP contribution in [0.3, 0.4) is 0 Å². The SMILES string of the molecule is CC(=O)N1c2ccccc2[C@H](Nc2ccccc2C(=O)O)C[C@@H]1C. The molecular formula is C19H20N2O3. The van der Waals surface area contributed by atoms with E-state index in [0.29, 0.717) is 12.1 Å². The average molecular weight is 324 g/mol. The predicted molar refractivity (Wildman–Crippen MR) is 93.4 cm³/mol. The largest absolute Gasteiger partial charge is 0.478 e. The van der Waals surface area contributed by atoms with E-state index in [2.05, 4.69) is 5.32 Å². The monoisotopic (exact) mass is 324 g/mol. The number of benzene rings is 2. The molecule has 1 amide bonds. The van der Waals surface area contributed by atoms with Crippen LogP contribution in [0.25, 0.3) is 0 Å². The van der Waals surface area contributed by atoms with Crippen molar-refractivity contribution >= 4 is 23.3 Å². The molecule has 0 aliphatic carbocycles. The van der Waals surface area contributed by atoms with Crippen LogP contribution in [0.2, 0.25) is 0 Å². The molecule has 1 aliphatic rings. The second-order valence-electron chi connectivity index (χ2n) is 6.08. The van der Waals surface area contributed by atoms with E-state index in [1.54, 1.807) is 30.0 Å². The van der Waals surface area contributed by atoms with Crippen molar-refractivity contribution in [3.63, 3.8) is 0 Å². The van der Waals surface area contributed by atoms with Gasteiger partial charge in [-0.1, -0.05) is 30.3 Å². The Hall–Kier alpha value is -2.82. The third kappa shape index (κ3) is 2.85. The summed E-state index contributed by atoms with van der Waals surface area (Å²) in [5.74, 6) is -0.944. The number of hydrogen-bond donors (Lipinski definition) is 2. The molecule has 2 N–H and O–H groups in total. The molecule has 24 heavy (non-hydrogen) atoms. The van der Waals surface area contributed by atoms with Gasteiger partial charge in [-0.3, -0.25) is 4.79 Å². The molecule has 2 atom stereocenters. The number of nitrogens with zero attached hydrogens (tertiary/aromatic N) is 1. The lowest BCUT2D eigenvalue weighted by Gasteiger charge is -2.39. The highest BCUT2D eigenvalue weighted by molar-refractivity contribution is 5.95. The van der Waals surface area contributed by atoms with Gasteiger partial charge in [0.05, 0.1) is 11.6 Å². The highest BCUT2D eigenvalue weighted by Crippen LogP contribution is 2.39. The molecule has 0 bridgehead atoms. The lowest BCUT2D eigenvalue weighted by atomic mass is 9.91. The van der Waals surface area contributed by atoms with E-state index in [1.165, 1.54) is 0 Å². The van der Waals surface area contributed by atoms with Crippen molar-refractivity contribution in [1.82, 2.24) is 0 Å². The smallest absolute Gasteiger partial charge is 0.337 e. The molecule has 1 heterocycles. The summed E-state index contributed by atoms with van der Waals surface area (Å²) in [6.45, 7) is 3.58. The molecule has 124 valence electrons. The van der Waals surface area contributed by atoms with Gasteiger partial charge in [-0.15, -0.1) is 0 Å². The summed E-state index contributed by atoms with van der Waals surface area (Å²) in [5.41, 5.74) is 2.73. The molecule has 0 aromatic heterocycles. The first-order chi connectivity index (χ1) is 11.5. The number of carboxylic acids is 1. The minimum absolute atomic E-state index is 0.0133. The van der Waals surface area contributed by atoms with Gasteiger partial charge in [0.2, 0.25) is 5.91 Å². The van der Waals surface area contributed by atoms with Gasteiger partial charge in [0, 0.05) is 24.3 Å². The molecule has 5 nitrogen and oxygen atoms in total. The van der Waals surface area contributed by atoms with Crippen LogP contribution in [-0.4, -0.2) is 23.0 Å². The molecule has 5 heteroatoms. The maximum absolute atomic E-state index is 12.0. The number of nitrogens with one attached hydrogen (secondary N) is 1. The minimum Gasteiger partial charge on any atom is -0.478 e. The Labute approximate surface area is 140 Å². The molecule has 0 radical (unpaired) electrons. The van der Waals surface area contributed by atoms with Crippen molar-refractivity contribution in [1.29, 1.82) is 0 Å². The summed E-state index contributed by atoms with van der Waals surface area (Å²) in [4.78, 5) is 25.2. The number of aromatic carboxylic acids is 1.